The Balaban J connectivity index is 1.84. The van der Waals surface area contributed by atoms with Crippen LogP contribution in [0, 0.1) is 5.92 Å². The maximum absolute atomic E-state index is 3.88. The first-order chi connectivity index (χ1) is 9.29. The van der Waals surface area contributed by atoms with Gasteiger partial charge in [0.1, 0.15) is 0 Å². The topological polar surface area (TPSA) is 12.0 Å². The summed E-state index contributed by atoms with van der Waals surface area (Å²) in [6, 6.07) is 12.2. The molecule has 0 bridgehead atoms. The predicted molar refractivity (Wildman–Crippen MR) is 83.4 cm³/mol. The summed E-state index contributed by atoms with van der Waals surface area (Å²) in [4.78, 5) is 0. The zero-order valence-electron chi connectivity index (χ0n) is 12.6. The third kappa shape index (κ3) is 4.65. The first-order valence-electron chi connectivity index (χ1n) is 8.09. The number of nitrogens with one attached hydrogen (secondary N) is 1. The van der Waals surface area contributed by atoms with Gasteiger partial charge < -0.3 is 5.32 Å². The molecule has 0 spiro atoms. The fourth-order valence-corrected chi connectivity index (χ4v) is 3.36. The molecule has 1 aromatic rings. The summed E-state index contributed by atoms with van der Waals surface area (Å²) in [5, 5.41) is 3.88. The molecule has 0 aliphatic heterocycles. The minimum atomic E-state index is 0.624. The Hall–Kier alpha value is -0.820. The van der Waals surface area contributed by atoms with Crippen LogP contribution < -0.4 is 5.32 Å². The lowest BCUT2D eigenvalue weighted by atomic mass is 9.84. The molecule has 1 N–H and O–H groups in total. The van der Waals surface area contributed by atoms with Gasteiger partial charge in [-0.15, -0.1) is 0 Å². The molecule has 0 radical (unpaired) electrons. The molecule has 106 valence electrons. The molecular weight excluding hydrogens is 230 g/mol. The lowest BCUT2D eigenvalue weighted by Gasteiger charge is -2.31. The van der Waals surface area contributed by atoms with Crippen LogP contribution in [-0.2, 0) is 6.42 Å². The monoisotopic (exact) mass is 259 g/mol. The van der Waals surface area contributed by atoms with Gasteiger partial charge in [-0.25, -0.2) is 0 Å². The molecule has 1 saturated carbocycles. The quantitative estimate of drug-likeness (QED) is 0.789. The molecule has 1 aliphatic rings. The summed E-state index contributed by atoms with van der Waals surface area (Å²) in [6.07, 6.45) is 9.55. The van der Waals surface area contributed by atoms with Gasteiger partial charge in [-0.2, -0.15) is 0 Å². The summed E-state index contributed by atoms with van der Waals surface area (Å²) in [7, 11) is 0. The van der Waals surface area contributed by atoms with Crippen LogP contribution >= 0.6 is 0 Å². The van der Waals surface area contributed by atoms with Crippen LogP contribution in [0.15, 0.2) is 30.3 Å². The second-order valence-electron chi connectivity index (χ2n) is 6.15. The standard InChI is InChI=1S/C18H29N/c1-3-18(14-16-10-6-4-7-11-16)19-15(2)17-12-8-5-9-13-17/h4,6-7,10-11,15,17-19H,3,5,8-9,12-14H2,1-2H3/t15-,18?/m0/s1. The summed E-state index contributed by atoms with van der Waals surface area (Å²) in [5.74, 6) is 0.901. The predicted octanol–water partition coefficient (Wildman–Crippen LogP) is 4.57. The maximum atomic E-state index is 3.88. The Morgan fingerprint density at radius 3 is 2.42 bits per heavy atom. The Labute approximate surface area is 118 Å². The van der Waals surface area contributed by atoms with Crippen LogP contribution in [0.3, 0.4) is 0 Å². The van der Waals surface area contributed by atoms with Gasteiger partial charge in [-0.1, -0.05) is 56.5 Å². The van der Waals surface area contributed by atoms with E-state index in [1.54, 1.807) is 0 Å². The Bertz CT molecular complexity index is 340. The normalized spacial score (nSPS) is 20.1. The van der Waals surface area contributed by atoms with Gasteiger partial charge in [0.2, 0.25) is 0 Å². The fourth-order valence-electron chi connectivity index (χ4n) is 3.36. The van der Waals surface area contributed by atoms with Crippen LogP contribution in [0.4, 0.5) is 0 Å². The van der Waals surface area contributed by atoms with E-state index < -0.39 is 0 Å². The van der Waals surface area contributed by atoms with Gasteiger partial charge in [0.25, 0.3) is 0 Å². The van der Waals surface area contributed by atoms with Crippen molar-refractivity contribution < 1.29 is 0 Å². The van der Waals surface area contributed by atoms with E-state index in [1.807, 2.05) is 0 Å². The van der Waals surface area contributed by atoms with Crippen molar-refractivity contribution >= 4 is 0 Å². The van der Waals surface area contributed by atoms with Crippen molar-refractivity contribution in [2.45, 2.75) is 70.9 Å². The van der Waals surface area contributed by atoms with E-state index >= 15 is 0 Å². The first-order valence-corrected chi connectivity index (χ1v) is 8.09. The van der Waals surface area contributed by atoms with Crippen molar-refractivity contribution in [2.75, 3.05) is 0 Å². The molecule has 19 heavy (non-hydrogen) atoms. The van der Waals surface area contributed by atoms with Crippen molar-refractivity contribution in [1.82, 2.24) is 5.32 Å². The molecule has 0 aromatic heterocycles. The maximum Gasteiger partial charge on any atom is 0.0107 e. The minimum absolute atomic E-state index is 0.624. The highest BCUT2D eigenvalue weighted by atomic mass is 14.9. The SMILES string of the molecule is CCC(Cc1ccccc1)N[C@@H](C)C1CCCCC1. The van der Waals surface area contributed by atoms with E-state index in [2.05, 4.69) is 49.5 Å². The van der Waals surface area contributed by atoms with Gasteiger partial charge in [-0.3, -0.25) is 0 Å². The first kappa shape index (κ1) is 14.6. The van der Waals surface area contributed by atoms with Crippen LogP contribution in [0.25, 0.3) is 0 Å². The third-order valence-corrected chi connectivity index (χ3v) is 4.67. The Morgan fingerprint density at radius 2 is 1.79 bits per heavy atom. The van der Waals surface area contributed by atoms with E-state index in [0.29, 0.717) is 12.1 Å². The van der Waals surface area contributed by atoms with Crippen LogP contribution in [-0.4, -0.2) is 12.1 Å². The molecule has 1 unspecified atom stereocenters. The number of hydrogen-bond acceptors (Lipinski definition) is 1. The lowest BCUT2D eigenvalue weighted by molar-refractivity contribution is 0.261. The van der Waals surface area contributed by atoms with E-state index in [1.165, 1.54) is 44.1 Å². The smallest absolute Gasteiger partial charge is 0.0107 e. The Kier molecular flexibility index (Phi) is 5.91. The molecule has 0 heterocycles. The molecule has 1 aromatic carbocycles. The highest BCUT2D eigenvalue weighted by Gasteiger charge is 2.21. The van der Waals surface area contributed by atoms with Crippen LogP contribution in [0.5, 0.6) is 0 Å². The second-order valence-corrected chi connectivity index (χ2v) is 6.15. The molecule has 1 aliphatic carbocycles. The van der Waals surface area contributed by atoms with E-state index in [-0.39, 0.29) is 0 Å². The van der Waals surface area contributed by atoms with Crippen molar-refractivity contribution in [1.29, 1.82) is 0 Å². The molecule has 0 saturated heterocycles. The summed E-state index contributed by atoms with van der Waals surface area (Å²) < 4.78 is 0. The zero-order chi connectivity index (χ0) is 13.5. The van der Waals surface area contributed by atoms with Gasteiger partial charge >= 0.3 is 0 Å². The molecule has 2 atom stereocenters. The second kappa shape index (κ2) is 7.69. The lowest BCUT2D eigenvalue weighted by Crippen LogP contribution is -2.42. The van der Waals surface area contributed by atoms with E-state index in [0.717, 1.165) is 12.3 Å². The van der Waals surface area contributed by atoms with Crippen LogP contribution in [0.1, 0.15) is 57.9 Å². The van der Waals surface area contributed by atoms with Gasteiger partial charge in [0.15, 0.2) is 0 Å². The summed E-state index contributed by atoms with van der Waals surface area (Å²) >= 11 is 0. The number of hydrogen-bond donors (Lipinski definition) is 1. The van der Waals surface area contributed by atoms with E-state index in [9.17, 15) is 0 Å². The fraction of sp³-hybridized carbons (Fsp3) is 0.667. The molecule has 2 rings (SSSR count). The summed E-state index contributed by atoms with van der Waals surface area (Å²) in [6.45, 7) is 4.69. The molecule has 0 amide bonds. The van der Waals surface area contributed by atoms with Crippen molar-refractivity contribution in [3.8, 4) is 0 Å². The molecule has 1 nitrogen and oxygen atoms in total. The minimum Gasteiger partial charge on any atom is -0.311 e. The third-order valence-electron chi connectivity index (χ3n) is 4.67. The highest BCUT2D eigenvalue weighted by molar-refractivity contribution is 5.15. The van der Waals surface area contributed by atoms with Gasteiger partial charge in [-0.05, 0) is 44.1 Å². The average molecular weight is 259 g/mol. The molecule has 1 heteroatoms. The van der Waals surface area contributed by atoms with Gasteiger partial charge in [0.05, 0.1) is 0 Å². The Morgan fingerprint density at radius 1 is 1.11 bits per heavy atom. The van der Waals surface area contributed by atoms with Crippen molar-refractivity contribution in [2.24, 2.45) is 5.92 Å². The average Bonchev–Trinajstić information content (AvgIpc) is 2.48. The zero-order valence-corrected chi connectivity index (χ0v) is 12.6. The summed E-state index contributed by atoms with van der Waals surface area (Å²) in [5.41, 5.74) is 1.46. The van der Waals surface area contributed by atoms with Gasteiger partial charge in [0, 0.05) is 12.1 Å². The highest BCUT2D eigenvalue weighted by Crippen LogP contribution is 2.26. The molecule has 1 fully saturated rings. The van der Waals surface area contributed by atoms with Crippen LogP contribution in [0.2, 0.25) is 0 Å². The van der Waals surface area contributed by atoms with Crippen molar-refractivity contribution in [3.63, 3.8) is 0 Å². The van der Waals surface area contributed by atoms with Crippen molar-refractivity contribution in [3.05, 3.63) is 35.9 Å². The number of rotatable bonds is 6. The number of benzene rings is 1. The van der Waals surface area contributed by atoms with E-state index in [4.69, 9.17) is 0 Å². The molecular formula is C18H29N. The largest absolute Gasteiger partial charge is 0.311 e.